The summed E-state index contributed by atoms with van der Waals surface area (Å²) >= 11 is 1.54. The third kappa shape index (κ3) is 4.92. The number of para-hydroxylation sites is 1. The Kier molecular flexibility index (Phi) is 6.82. The summed E-state index contributed by atoms with van der Waals surface area (Å²) in [5.74, 6) is 0.0528. The molecule has 0 spiro atoms. The smallest absolute Gasteiger partial charge is 0.303 e. The van der Waals surface area contributed by atoms with E-state index >= 15 is 0 Å². The summed E-state index contributed by atoms with van der Waals surface area (Å²) < 4.78 is 10.8. The molecular formula is C22H26N2O4S. The van der Waals surface area contributed by atoms with Gasteiger partial charge in [-0.1, -0.05) is 24.3 Å². The molecule has 0 fully saturated rings. The molecule has 3 rings (SSSR count). The Morgan fingerprint density at radius 3 is 2.45 bits per heavy atom. The van der Waals surface area contributed by atoms with E-state index in [0.717, 1.165) is 21.9 Å². The summed E-state index contributed by atoms with van der Waals surface area (Å²) in [5.41, 5.74) is 1.75. The predicted molar refractivity (Wildman–Crippen MR) is 114 cm³/mol. The number of nitrogens with zero attached hydrogens (tertiary/aromatic N) is 2. The molecule has 2 atom stereocenters. The highest BCUT2D eigenvalue weighted by Crippen LogP contribution is 2.46. The van der Waals surface area contributed by atoms with Gasteiger partial charge in [0, 0.05) is 24.9 Å². The van der Waals surface area contributed by atoms with E-state index in [2.05, 4.69) is 0 Å². The number of hydrogen-bond acceptors (Lipinski definition) is 6. The van der Waals surface area contributed by atoms with Crippen molar-refractivity contribution in [1.29, 1.82) is 0 Å². The van der Waals surface area contributed by atoms with E-state index in [-0.39, 0.29) is 11.2 Å². The van der Waals surface area contributed by atoms with Crippen molar-refractivity contribution in [1.82, 2.24) is 4.90 Å². The maximum atomic E-state index is 13.6. The van der Waals surface area contributed by atoms with Crippen LogP contribution in [0.1, 0.15) is 17.7 Å². The van der Waals surface area contributed by atoms with Crippen molar-refractivity contribution < 1.29 is 19.1 Å². The third-order valence-electron chi connectivity index (χ3n) is 4.70. The first-order valence-corrected chi connectivity index (χ1v) is 10.3. The van der Waals surface area contributed by atoms with Gasteiger partial charge in [0.25, 0.3) is 5.91 Å². The van der Waals surface area contributed by atoms with Gasteiger partial charge in [-0.3, -0.25) is 9.59 Å². The van der Waals surface area contributed by atoms with Crippen molar-refractivity contribution >= 4 is 29.3 Å². The van der Waals surface area contributed by atoms with Crippen LogP contribution in [0.5, 0.6) is 5.75 Å². The lowest BCUT2D eigenvalue weighted by Gasteiger charge is -2.28. The van der Waals surface area contributed by atoms with Crippen LogP contribution in [0.3, 0.4) is 0 Å². The molecule has 7 heteroatoms. The molecule has 0 saturated carbocycles. The van der Waals surface area contributed by atoms with Crippen LogP contribution < -0.4 is 9.64 Å². The quantitative estimate of drug-likeness (QED) is 0.676. The van der Waals surface area contributed by atoms with Crippen LogP contribution in [0.2, 0.25) is 0 Å². The fourth-order valence-corrected chi connectivity index (χ4v) is 4.56. The minimum absolute atomic E-state index is 0.208. The second-order valence-corrected chi connectivity index (χ2v) is 8.29. The standard InChI is InChI=1S/C22H26N2O4S/c1-15(25)28-20-21(16-9-11-17(27-4)12-10-16)29-19-8-6-5-7-18(19)24(22(20)26)14-13-23(2)3/h5-12,20-21H,13-14H2,1-4H3/t20-,21+/m0/s1. The second-order valence-electron chi connectivity index (χ2n) is 7.10. The summed E-state index contributed by atoms with van der Waals surface area (Å²) in [6.45, 7) is 2.55. The summed E-state index contributed by atoms with van der Waals surface area (Å²) in [6.07, 6.45) is -0.916. The van der Waals surface area contributed by atoms with Crippen molar-refractivity contribution in [3.8, 4) is 5.75 Å². The zero-order chi connectivity index (χ0) is 21.0. The number of fused-ring (bicyclic) bond motifs is 1. The van der Waals surface area contributed by atoms with Crippen molar-refractivity contribution in [3.63, 3.8) is 0 Å². The first kappa shape index (κ1) is 21.2. The monoisotopic (exact) mass is 414 g/mol. The summed E-state index contributed by atoms with van der Waals surface area (Å²) in [6, 6.07) is 15.4. The van der Waals surface area contributed by atoms with Gasteiger partial charge in [-0.2, -0.15) is 0 Å². The highest BCUT2D eigenvalue weighted by Gasteiger charge is 2.40. The van der Waals surface area contributed by atoms with Gasteiger partial charge in [0.2, 0.25) is 0 Å². The number of rotatable bonds is 6. The van der Waals surface area contributed by atoms with E-state index in [9.17, 15) is 9.59 Å². The Morgan fingerprint density at radius 2 is 1.83 bits per heavy atom. The molecule has 1 amide bonds. The fraction of sp³-hybridized carbons (Fsp3) is 0.364. The Bertz CT molecular complexity index is 869. The Morgan fingerprint density at radius 1 is 1.14 bits per heavy atom. The maximum Gasteiger partial charge on any atom is 0.303 e. The van der Waals surface area contributed by atoms with Gasteiger partial charge >= 0.3 is 5.97 Å². The van der Waals surface area contributed by atoms with Gasteiger partial charge in [0.15, 0.2) is 6.10 Å². The number of ether oxygens (including phenoxy) is 2. The van der Waals surface area contributed by atoms with Crippen LogP contribution in [-0.4, -0.2) is 57.2 Å². The first-order chi connectivity index (χ1) is 13.9. The van der Waals surface area contributed by atoms with Crippen molar-refractivity contribution in [2.45, 2.75) is 23.2 Å². The first-order valence-electron chi connectivity index (χ1n) is 9.43. The largest absolute Gasteiger partial charge is 0.497 e. The summed E-state index contributed by atoms with van der Waals surface area (Å²) in [7, 11) is 5.54. The summed E-state index contributed by atoms with van der Waals surface area (Å²) in [5, 5.41) is -0.359. The SMILES string of the molecule is COc1ccc([C@H]2Sc3ccccc3N(CCN(C)C)C(=O)[C@H]2OC(C)=O)cc1. The number of methoxy groups -OCH3 is 1. The van der Waals surface area contributed by atoms with E-state index in [0.29, 0.717) is 13.1 Å². The van der Waals surface area contributed by atoms with Crippen LogP contribution >= 0.6 is 11.8 Å². The Balaban J connectivity index is 2.06. The number of hydrogen-bond donors (Lipinski definition) is 0. The number of amides is 1. The van der Waals surface area contributed by atoms with Gasteiger partial charge < -0.3 is 19.3 Å². The minimum Gasteiger partial charge on any atom is -0.497 e. The lowest BCUT2D eigenvalue weighted by molar-refractivity contribution is -0.152. The van der Waals surface area contributed by atoms with Crippen LogP contribution in [0.25, 0.3) is 0 Å². The molecule has 0 aromatic heterocycles. The molecule has 0 radical (unpaired) electrons. The van der Waals surface area contributed by atoms with E-state index in [1.54, 1.807) is 23.8 Å². The molecule has 1 aliphatic heterocycles. The molecule has 0 aliphatic carbocycles. The molecule has 1 heterocycles. The molecule has 1 aliphatic rings. The number of thioether (sulfide) groups is 1. The van der Waals surface area contributed by atoms with Crippen LogP contribution in [-0.2, 0) is 14.3 Å². The van der Waals surface area contributed by atoms with Crippen molar-refractivity contribution in [2.75, 3.05) is 39.2 Å². The van der Waals surface area contributed by atoms with Gasteiger partial charge in [-0.25, -0.2) is 0 Å². The number of esters is 1. The molecule has 2 aromatic carbocycles. The number of carbonyl (C=O) groups is 2. The lowest BCUT2D eigenvalue weighted by atomic mass is 10.1. The average molecular weight is 415 g/mol. The molecule has 154 valence electrons. The van der Waals surface area contributed by atoms with Crippen molar-refractivity contribution in [3.05, 3.63) is 54.1 Å². The molecule has 0 saturated heterocycles. The normalized spacial score (nSPS) is 18.9. The van der Waals surface area contributed by atoms with Crippen LogP contribution in [0.15, 0.2) is 53.4 Å². The molecule has 0 N–H and O–H groups in total. The zero-order valence-electron chi connectivity index (χ0n) is 17.1. The van der Waals surface area contributed by atoms with Gasteiger partial charge in [-0.05, 0) is 43.9 Å². The maximum absolute atomic E-state index is 13.6. The van der Waals surface area contributed by atoms with Gasteiger partial charge in [0.1, 0.15) is 5.75 Å². The third-order valence-corrected chi connectivity index (χ3v) is 6.07. The van der Waals surface area contributed by atoms with Gasteiger partial charge in [0.05, 0.1) is 18.0 Å². The zero-order valence-corrected chi connectivity index (χ0v) is 17.9. The topological polar surface area (TPSA) is 59.1 Å². The molecular weight excluding hydrogens is 388 g/mol. The summed E-state index contributed by atoms with van der Waals surface area (Å²) in [4.78, 5) is 30.2. The molecule has 2 aromatic rings. The highest BCUT2D eigenvalue weighted by molar-refractivity contribution is 7.99. The Labute approximate surface area is 175 Å². The minimum atomic E-state index is -0.916. The highest BCUT2D eigenvalue weighted by atomic mass is 32.2. The predicted octanol–water partition coefficient (Wildman–Crippen LogP) is 3.37. The van der Waals surface area contributed by atoms with E-state index < -0.39 is 12.1 Å². The fourth-order valence-electron chi connectivity index (χ4n) is 3.24. The van der Waals surface area contributed by atoms with Crippen molar-refractivity contribution in [2.24, 2.45) is 0 Å². The molecule has 6 nitrogen and oxygen atoms in total. The number of anilines is 1. The van der Waals surface area contributed by atoms with E-state index in [1.807, 2.05) is 67.5 Å². The average Bonchev–Trinajstić information content (AvgIpc) is 2.81. The van der Waals surface area contributed by atoms with Crippen LogP contribution in [0, 0.1) is 0 Å². The van der Waals surface area contributed by atoms with Crippen LogP contribution in [0.4, 0.5) is 5.69 Å². The second kappa shape index (κ2) is 9.33. The van der Waals surface area contributed by atoms with E-state index in [4.69, 9.17) is 9.47 Å². The number of likely N-dealkylation sites (N-methyl/N-ethyl adjacent to an activating group) is 1. The molecule has 0 unspecified atom stereocenters. The molecule has 29 heavy (non-hydrogen) atoms. The molecule has 0 bridgehead atoms. The van der Waals surface area contributed by atoms with Gasteiger partial charge in [-0.15, -0.1) is 11.8 Å². The Hall–Kier alpha value is -2.51. The van der Waals surface area contributed by atoms with E-state index in [1.165, 1.54) is 6.92 Å². The number of carbonyl (C=O) groups excluding carboxylic acids is 2. The lowest BCUT2D eigenvalue weighted by Crippen LogP contribution is -2.45. The number of benzene rings is 2.